The Hall–Kier alpha value is -0.820. The predicted octanol–water partition coefficient (Wildman–Crippen LogP) is 4.33. The quantitative estimate of drug-likeness (QED) is 0.830. The molecule has 1 aliphatic heterocycles. The number of nitrogens with one attached hydrogen (secondary N) is 1. The van der Waals surface area contributed by atoms with Crippen LogP contribution in [0.4, 0.5) is 0 Å². The SMILES string of the molecule is CCCC1(c2ccccc2C2CCC2)CCCN1. The van der Waals surface area contributed by atoms with Crippen molar-refractivity contribution in [2.24, 2.45) is 0 Å². The molecule has 98 valence electrons. The number of rotatable bonds is 4. The minimum atomic E-state index is 0.293. The summed E-state index contributed by atoms with van der Waals surface area (Å²) in [5, 5.41) is 3.83. The van der Waals surface area contributed by atoms with Gasteiger partial charge in [-0.2, -0.15) is 0 Å². The van der Waals surface area contributed by atoms with Crippen LogP contribution in [0.25, 0.3) is 0 Å². The van der Waals surface area contributed by atoms with Gasteiger partial charge in [-0.3, -0.25) is 0 Å². The molecule has 1 unspecified atom stereocenters. The first kappa shape index (κ1) is 12.2. The van der Waals surface area contributed by atoms with Crippen molar-refractivity contribution in [3.05, 3.63) is 35.4 Å². The summed E-state index contributed by atoms with van der Waals surface area (Å²) in [6.45, 7) is 3.51. The van der Waals surface area contributed by atoms with Crippen molar-refractivity contribution in [2.75, 3.05) is 6.54 Å². The van der Waals surface area contributed by atoms with Gasteiger partial charge in [-0.15, -0.1) is 0 Å². The highest BCUT2D eigenvalue weighted by atomic mass is 15.0. The Labute approximate surface area is 111 Å². The molecule has 1 aliphatic carbocycles. The van der Waals surface area contributed by atoms with Crippen molar-refractivity contribution < 1.29 is 0 Å². The maximum Gasteiger partial charge on any atom is 0.0437 e. The maximum absolute atomic E-state index is 3.83. The fourth-order valence-corrected chi connectivity index (χ4v) is 3.82. The third-order valence-corrected chi connectivity index (χ3v) is 4.94. The zero-order chi connectivity index (χ0) is 12.4. The summed E-state index contributed by atoms with van der Waals surface area (Å²) >= 11 is 0. The van der Waals surface area contributed by atoms with Gasteiger partial charge in [-0.05, 0) is 55.7 Å². The molecule has 0 bridgehead atoms. The number of hydrogen-bond acceptors (Lipinski definition) is 1. The lowest BCUT2D eigenvalue weighted by atomic mass is 9.73. The van der Waals surface area contributed by atoms with E-state index >= 15 is 0 Å². The molecule has 3 rings (SSSR count). The number of benzene rings is 1. The Morgan fingerprint density at radius 1 is 1.22 bits per heavy atom. The van der Waals surface area contributed by atoms with E-state index in [4.69, 9.17) is 0 Å². The highest BCUT2D eigenvalue weighted by Crippen LogP contribution is 2.44. The van der Waals surface area contributed by atoms with Gasteiger partial charge in [0.25, 0.3) is 0 Å². The Morgan fingerprint density at radius 2 is 2.06 bits per heavy atom. The van der Waals surface area contributed by atoms with Crippen LogP contribution in [-0.2, 0) is 5.54 Å². The van der Waals surface area contributed by atoms with Crippen molar-refractivity contribution in [3.63, 3.8) is 0 Å². The van der Waals surface area contributed by atoms with Gasteiger partial charge in [-0.1, -0.05) is 44.0 Å². The minimum absolute atomic E-state index is 0.293. The summed E-state index contributed by atoms with van der Waals surface area (Å²) in [6.07, 6.45) is 9.44. The molecule has 1 aromatic carbocycles. The molecule has 1 saturated heterocycles. The highest BCUT2D eigenvalue weighted by Gasteiger charge is 2.37. The molecule has 1 nitrogen and oxygen atoms in total. The van der Waals surface area contributed by atoms with Gasteiger partial charge in [0, 0.05) is 5.54 Å². The molecule has 1 atom stereocenters. The van der Waals surface area contributed by atoms with Gasteiger partial charge >= 0.3 is 0 Å². The third-order valence-electron chi connectivity index (χ3n) is 4.94. The van der Waals surface area contributed by atoms with Crippen molar-refractivity contribution in [1.29, 1.82) is 0 Å². The molecule has 0 amide bonds. The molecular formula is C17H25N. The van der Waals surface area contributed by atoms with E-state index in [-0.39, 0.29) is 0 Å². The van der Waals surface area contributed by atoms with Gasteiger partial charge in [0.15, 0.2) is 0 Å². The molecule has 2 aliphatic rings. The normalized spacial score (nSPS) is 28.3. The third kappa shape index (κ3) is 1.99. The predicted molar refractivity (Wildman–Crippen MR) is 76.9 cm³/mol. The summed E-state index contributed by atoms with van der Waals surface area (Å²) < 4.78 is 0. The van der Waals surface area contributed by atoms with Gasteiger partial charge in [0.05, 0.1) is 0 Å². The first-order valence-corrected chi connectivity index (χ1v) is 7.70. The summed E-state index contributed by atoms with van der Waals surface area (Å²) in [5.74, 6) is 0.845. The molecule has 0 radical (unpaired) electrons. The molecule has 1 saturated carbocycles. The Bertz CT molecular complexity index is 400. The molecule has 0 aromatic heterocycles. The van der Waals surface area contributed by atoms with Crippen LogP contribution in [0.5, 0.6) is 0 Å². The molecule has 1 heteroatoms. The number of hydrogen-bond donors (Lipinski definition) is 1. The fraction of sp³-hybridized carbons (Fsp3) is 0.647. The van der Waals surface area contributed by atoms with Crippen molar-refractivity contribution >= 4 is 0 Å². The minimum Gasteiger partial charge on any atom is -0.307 e. The first-order chi connectivity index (χ1) is 8.86. The van der Waals surface area contributed by atoms with Gasteiger partial charge in [0.2, 0.25) is 0 Å². The van der Waals surface area contributed by atoms with Gasteiger partial charge in [0.1, 0.15) is 0 Å². The highest BCUT2D eigenvalue weighted by molar-refractivity contribution is 5.38. The van der Waals surface area contributed by atoms with Crippen molar-refractivity contribution in [2.45, 2.75) is 63.3 Å². The summed E-state index contributed by atoms with van der Waals surface area (Å²) in [6, 6.07) is 9.23. The Kier molecular flexibility index (Phi) is 3.43. The summed E-state index contributed by atoms with van der Waals surface area (Å²) in [4.78, 5) is 0. The maximum atomic E-state index is 3.83. The second kappa shape index (κ2) is 5.05. The molecule has 1 N–H and O–H groups in total. The Morgan fingerprint density at radius 3 is 2.67 bits per heavy atom. The van der Waals surface area contributed by atoms with Crippen molar-refractivity contribution in [3.8, 4) is 0 Å². The van der Waals surface area contributed by atoms with Crippen LogP contribution in [0.15, 0.2) is 24.3 Å². The summed E-state index contributed by atoms with van der Waals surface area (Å²) in [7, 11) is 0. The largest absolute Gasteiger partial charge is 0.307 e. The smallest absolute Gasteiger partial charge is 0.0437 e. The zero-order valence-corrected chi connectivity index (χ0v) is 11.5. The fourth-order valence-electron chi connectivity index (χ4n) is 3.82. The van der Waals surface area contributed by atoms with Crippen LogP contribution >= 0.6 is 0 Å². The molecule has 1 aromatic rings. The van der Waals surface area contributed by atoms with Crippen LogP contribution in [0.2, 0.25) is 0 Å². The van der Waals surface area contributed by atoms with Crippen LogP contribution in [0.1, 0.15) is 68.9 Å². The second-order valence-electron chi connectivity index (χ2n) is 6.08. The average Bonchev–Trinajstić information content (AvgIpc) is 2.78. The van der Waals surface area contributed by atoms with Crippen LogP contribution in [0.3, 0.4) is 0 Å². The summed E-state index contributed by atoms with van der Waals surface area (Å²) in [5.41, 5.74) is 3.56. The molecular weight excluding hydrogens is 218 g/mol. The van der Waals surface area contributed by atoms with E-state index in [1.807, 2.05) is 0 Å². The molecule has 18 heavy (non-hydrogen) atoms. The van der Waals surface area contributed by atoms with Crippen molar-refractivity contribution in [1.82, 2.24) is 5.32 Å². The van der Waals surface area contributed by atoms with E-state index in [9.17, 15) is 0 Å². The van der Waals surface area contributed by atoms with Crippen LogP contribution < -0.4 is 5.32 Å². The topological polar surface area (TPSA) is 12.0 Å². The Balaban J connectivity index is 1.98. The lowest BCUT2D eigenvalue weighted by molar-refractivity contribution is 0.340. The van der Waals surface area contributed by atoms with E-state index in [1.165, 1.54) is 51.5 Å². The molecule has 0 spiro atoms. The van der Waals surface area contributed by atoms with E-state index < -0.39 is 0 Å². The van der Waals surface area contributed by atoms with E-state index in [1.54, 1.807) is 11.1 Å². The van der Waals surface area contributed by atoms with E-state index in [2.05, 4.69) is 36.5 Å². The molecule has 1 heterocycles. The lowest BCUT2D eigenvalue weighted by Gasteiger charge is -2.36. The van der Waals surface area contributed by atoms with E-state index in [0.717, 1.165) is 5.92 Å². The second-order valence-corrected chi connectivity index (χ2v) is 6.08. The van der Waals surface area contributed by atoms with Crippen LogP contribution in [-0.4, -0.2) is 6.54 Å². The molecule has 2 fully saturated rings. The van der Waals surface area contributed by atoms with Gasteiger partial charge < -0.3 is 5.32 Å². The first-order valence-electron chi connectivity index (χ1n) is 7.70. The standard InChI is InChI=1S/C17H25N/c1-2-11-17(12-6-13-18-17)16-10-4-3-9-15(16)14-7-5-8-14/h3-4,9-10,14,18H,2,5-8,11-13H2,1H3. The monoisotopic (exact) mass is 243 g/mol. The van der Waals surface area contributed by atoms with E-state index in [0.29, 0.717) is 5.54 Å². The average molecular weight is 243 g/mol. The van der Waals surface area contributed by atoms with Crippen LogP contribution in [0, 0.1) is 0 Å². The lowest BCUT2D eigenvalue weighted by Crippen LogP contribution is -2.38. The van der Waals surface area contributed by atoms with Gasteiger partial charge in [-0.25, -0.2) is 0 Å². The zero-order valence-electron chi connectivity index (χ0n) is 11.5.